The summed E-state index contributed by atoms with van der Waals surface area (Å²) >= 11 is -0.632. The van der Waals surface area contributed by atoms with Gasteiger partial charge in [0.2, 0.25) is 0 Å². The van der Waals surface area contributed by atoms with Gasteiger partial charge in [0, 0.05) is 0 Å². The fourth-order valence-electron chi connectivity index (χ4n) is 1.75. The third kappa shape index (κ3) is 6.92. The Morgan fingerprint density at radius 3 is 2.27 bits per heavy atom. The fraction of sp³-hybridized carbons (Fsp3) is 0.647. The zero-order valence-electron chi connectivity index (χ0n) is 15.2. The topological polar surface area (TPSA) is 27.7 Å². The van der Waals surface area contributed by atoms with Crippen LogP contribution in [0.1, 0.15) is 27.7 Å². The Morgan fingerprint density at radius 2 is 1.77 bits per heavy atom. The Kier molecular flexibility index (Phi) is 7.27. The van der Waals surface area contributed by atoms with Gasteiger partial charge in [0.1, 0.15) is 0 Å². The molecule has 1 aromatic rings. The summed E-state index contributed by atoms with van der Waals surface area (Å²) in [6.45, 7) is 16.2. The predicted molar refractivity (Wildman–Crippen MR) is 97.5 cm³/mol. The summed E-state index contributed by atoms with van der Waals surface area (Å²) in [4.78, 5) is 0. The normalized spacial score (nSPS) is 13.8. The molecule has 0 spiro atoms. The van der Waals surface area contributed by atoms with Gasteiger partial charge < -0.3 is 0 Å². The molecule has 0 N–H and O–H groups in total. The van der Waals surface area contributed by atoms with E-state index in [0.717, 1.165) is 11.5 Å². The number of benzene rings is 1. The van der Waals surface area contributed by atoms with Crippen molar-refractivity contribution in [1.82, 2.24) is 0 Å². The first kappa shape index (κ1) is 19.8. The van der Waals surface area contributed by atoms with E-state index in [4.69, 9.17) is 14.2 Å². The van der Waals surface area contributed by atoms with Gasteiger partial charge in [-0.2, -0.15) is 0 Å². The van der Waals surface area contributed by atoms with Crippen LogP contribution in [0.25, 0.3) is 0 Å². The van der Waals surface area contributed by atoms with Crippen molar-refractivity contribution in [2.24, 2.45) is 0 Å². The van der Waals surface area contributed by atoms with Crippen molar-refractivity contribution in [3.63, 3.8) is 0 Å². The van der Waals surface area contributed by atoms with E-state index in [9.17, 15) is 0 Å². The molecule has 0 saturated carbocycles. The Labute approximate surface area is 147 Å². The molecule has 124 valence electrons. The molecule has 3 nitrogen and oxygen atoms in total. The molecule has 1 atom stereocenters. The molecule has 0 bridgehead atoms. The van der Waals surface area contributed by atoms with E-state index >= 15 is 0 Å². The van der Waals surface area contributed by atoms with Crippen molar-refractivity contribution >= 4 is 32.8 Å². The molecule has 0 aliphatic heterocycles. The van der Waals surface area contributed by atoms with Gasteiger partial charge in [-0.15, -0.1) is 0 Å². The van der Waals surface area contributed by atoms with Gasteiger partial charge in [-0.3, -0.25) is 0 Å². The van der Waals surface area contributed by atoms with Crippen LogP contribution in [0.2, 0.25) is 23.1 Å². The number of hydrogen-bond acceptors (Lipinski definition) is 3. The fourth-order valence-corrected chi connectivity index (χ4v) is 5.84. The standard InChI is InChI=1S/C13H21O3Si.C4H9.Sn/c1-11(17(3,4)5)15-10-16-13-9-7-6-8-12(13)14-2;1-4(2)3;/h7-9,11H,10H2,1-5H3;1-3H3;. The molecule has 0 saturated heterocycles. The van der Waals surface area contributed by atoms with Crippen LogP contribution in [0, 0.1) is 0 Å². The first-order valence-electron chi connectivity index (χ1n) is 7.73. The number of ether oxygens (including phenoxy) is 3. The van der Waals surface area contributed by atoms with Crippen LogP contribution in [-0.2, 0) is 4.74 Å². The van der Waals surface area contributed by atoms with Crippen molar-refractivity contribution in [2.75, 3.05) is 13.9 Å². The van der Waals surface area contributed by atoms with Crippen LogP contribution >= 0.6 is 0 Å². The van der Waals surface area contributed by atoms with Crippen molar-refractivity contribution in [3.8, 4) is 11.5 Å². The zero-order valence-corrected chi connectivity index (χ0v) is 19.1. The van der Waals surface area contributed by atoms with Crippen molar-refractivity contribution < 1.29 is 14.2 Å². The second kappa shape index (κ2) is 8.06. The van der Waals surface area contributed by atoms with E-state index < -0.39 is 29.2 Å². The molecule has 5 heteroatoms. The average molecular weight is 429 g/mol. The molecule has 0 aliphatic carbocycles. The summed E-state index contributed by atoms with van der Waals surface area (Å²) in [6, 6.07) is 6.33. The van der Waals surface area contributed by atoms with E-state index in [2.05, 4.69) is 59.5 Å². The van der Waals surface area contributed by atoms with Crippen LogP contribution in [0.3, 0.4) is 0 Å². The van der Waals surface area contributed by atoms with Gasteiger partial charge in [0.25, 0.3) is 0 Å². The van der Waals surface area contributed by atoms with E-state index in [0.29, 0.717) is 3.43 Å². The van der Waals surface area contributed by atoms with Crippen LogP contribution in [0.5, 0.6) is 11.5 Å². The van der Waals surface area contributed by atoms with Crippen LogP contribution < -0.4 is 13.1 Å². The predicted octanol–water partition coefficient (Wildman–Crippen LogP) is 3.86. The molecule has 0 heterocycles. The molecule has 1 rings (SSSR count). The van der Waals surface area contributed by atoms with Crippen LogP contribution in [0.15, 0.2) is 18.2 Å². The van der Waals surface area contributed by atoms with Crippen LogP contribution in [-0.4, -0.2) is 48.8 Å². The van der Waals surface area contributed by atoms with Gasteiger partial charge in [-0.25, -0.2) is 0 Å². The Morgan fingerprint density at radius 1 is 1.14 bits per heavy atom. The maximum atomic E-state index is 5.82. The third-order valence-corrected chi connectivity index (χ3v) is 9.89. The van der Waals surface area contributed by atoms with Crippen molar-refractivity contribution in [3.05, 3.63) is 18.2 Å². The number of methoxy groups -OCH3 is 1. The molecule has 2 radical (unpaired) electrons. The Balaban J connectivity index is 2.68. The molecule has 0 amide bonds. The van der Waals surface area contributed by atoms with Crippen molar-refractivity contribution in [1.29, 1.82) is 0 Å². The minimum absolute atomic E-state index is 0.271. The second-order valence-corrected chi connectivity index (χ2v) is 19.9. The zero-order chi connectivity index (χ0) is 17.0. The molecule has 1 unspecified atom stereocenters. The molecular weight excluding hydrogens is 399 g/mol. The summed E-state index contributed by atoms with van der Waals surface area (Å²) in [7, 11) is 0.411. The number of rotatable bonds is 7. The van der Waals surface area contributed by atoms with Gasteiger partial charge >= 0.3 is 147 Å². The minimum atomic E-state index is -1.28. The summed E-state index contributed by atoms with van der Waals surface area (Å²) in [5, 5.41) is 0. The third-order valence-electron chi connectivity index (χ3n) is 3.44. The van der Waals surface area contributed by atoms with E-state index in [-0.39, 0.29) is 12.5 Å². The van der Waals surface area contributed by atoms with E-state index in [1.807, 2.05) is 6.07 Å². The quantitative estimate of drug-likeness (QED) is 0.487. The SMILES string of the molecule is COc1c[c]([Sn][C](C)(C)C)ccc1OCOC(C)[Si](C)(C)C. The second-order valence-electron chi connectivity index (χ2n) is 7.68. The first-order chi connectivity index (χ1) is 10.0. The first-order valence-corrected chi connectivity index (χ1v) is 14.2. The molecule has 0 aliphatic rings. The summed E-state index contributed by atoms with van der Waals surface area (Å²) < 4.78 is 18.9. The Bertz CT molecular complexity index is 478. The molecule has 1 aromatic carbocycles. The van der Waals surface area contributed by atoms with Gasteiger partial charge in [-0.05, 0) is 0 Å². The molecule has 0 fully saturated rings. The summed E-state index contributed by atoms with van der Waals surface area (Å²) in [5.41, 5.74) is 0.271. The molecular formula is C17H30O3SiSn. The average Bonchev–Trinajstić information content (AvgIpc) is 2.37. The Hall–Kier alpha value is -0.204. The van der Waals surface area contributed by atoms with E-state index in [1.165, 1.54) is 3.58 Å². The van der Waals surface area contributed by atoms with Crippen LogP contribution in [0.4, 0.5) is 0 Å². The van der Waals surface area contributed by atoms with Gasteiger partial charge in [0.15, 0.2) is 0 Å². The maximum absolute atomic E-state index is 5.82. The summed E-state index contributed by atoms with van der Waals surface area (Å²) in [6.07, 6.45) is 0. The van der Waals surface area contributed by atoms with Gasteiger partial charge in [0.05, 0.1) is 0 Å². The summed E-state index contributed by atoms with van der Waals surface area (Å²) in [5.74, 6) is 1.58. The monoisotopic (exact) mass is 430 g/mol. The van der Waals surface area contributed by atoms with Crippen molar-refractivity contribution in [2.45, 2.75) is 56.5 Å². The van der Waals surface area contributed by atoms with Gasteiger partial charge in [-0.1, -0.05) is 0 Å². The molecule has 22 heavy (non-hydrogen) atoms. The van der Waals surface area contributed by atoms with E-state index in [1.54, 1.807) is 7.11 Å². The number of hydrogen-bond donors (Lipinski definition) is 0. The molecule has 0 aromatic heterocycles.